The average Bonchev–Trinajstić information content (AvgIpc) is 3.03. The molecule has 132 valence electrons. The minimum atomic E-state index is 0.607. The molecule has 0 bridgehead atoms. The molecule has 4 rings (SSSR count). The molecule has 25 heavy (non-hydrogen) atoms. The molecule has 2 fully saturated rings. The van der Waals surface area contributed by atoms with Gasteiger partial charge in [-0.25, -0.2) is 0 Å². The topological polar surface area (TPSA) is 31.4 Å². The molecule has 0 amide bonds. The van der Waals surface area contributed by atoms with E-state index in [0.717, 1.165) is 18.8 Å². The molecule has 1 unspecified atom stereocenters. The van der Waals surface area contributed by atoms with Crippen LogP contribution in [0.2, 0.25) is 0 Å². The van der Waals surface area contributed by atoms with E-state index in [1.807, 2.05) is 6.20 Å². The number of hydrogen-bond acceptors (Lipinski definition) is 4. The minimum Gasteiger partial charge on any atom is -0.309 e. The van der Waals surface area contributed by atoms with Gasteiger partial charge in [0, 0.05) is 63.2 Å². The summed E-state index contributed by atoms with van der Waals surface area (Å²) >= 11 is 0. The van der Waals surface area contributed by atoms with Gasteiger partial charge in [0.2, 0.25) is 0 Å². The van der Waals surface area contributed by atoms with E-state index in [0.29, 0.717) is 12.1 Å². The summed E-state index contributed by atoms with van der Waals surface area (Å²) in [6.07, 6.45) is 3.17. The van der Waals surface area contributed by atoms with Gasteiger partial charge in [0.15, 0.2) is 0 Å². The third-order valence-corrected chi connectivity index (χ3v) is 5.51. The first-order valence-corrected chi connectivity index (χ1v) is 9.41. The van der Waals surface area contributed by atoms with Crippen LogP contribution >= 0.6 is 0 Å². The van der Waals surface area contributed by atoms with Crippen molar-refractivity contribution < 1.29 is 0 Å². The number of rotatable bonds is 5. The second kappa shape index (κ2) is 7.65. The van der Waals surface area contributed by atoms with Crippen LogP contribution in [0.4, 0.5) is 0 Å². The predicted octanol–water partition coefficient (Wildman–Crippen LogP) is 2.44. The van der Waals surface area contributed by atoms with E-state index in [1.165, 1.54) is 43.7 Å². The smallest absolute Gasteiger partial charge is 0.0375 e. The third-order valence-electron chi connectivity index (χ3n) is 5.51. The summed E-state index contributed by atoms with van der Waals surface area (Å²) in [5, 5.41) is 3.76. The summed E-state index contributed by atoms with van der Waals surface area (Å²) in [7, 11) is 0. The first-order valence-electron chi connectivity index (χ1n) is 9.41. The Labute approximate surface area is 150 Å². The lowest BCUT2D eigenvalue weighted by atomic mass is 10.1. The molecule has 3 heterocycles. The standard InChI is InChI=1S/C21H28N4/c1-17-11-19(7-8-22-17)13-23-20-12-21-16-24(9-10-25(21)15-20)14-18-5-3-2-4-6-18/h2-8,11,20-21,23H,9-10,12-16H2,1H3/t20?,21-/m0/s1. The highest BCUT2D eigenvalue weighted by atomic mass is 15.3. The molecule has 4 nitrogen and oxygen atoms in total. The molecular weight excluding hydrogens is 308 g/mol. The Balaban J connectivity index is 1.28. The SMILES string of the molecule is Cc1cc(CNC2C[C@H]3CN(Cc4ccccc4)CCN3C2)ccn1. The van der Waals surface area contributed by atoms with E-state index >= 15 is 0 Å². The lowest BCUT2D eigenvalue weighted by Crippen LogP contribution is -2.49. The highest BCUT2D eigenvalue weighted by molar-refractivity contribution is 5.16. The minimum absolute atomic E-state index is 0.607. The van der Waals surface area contributed by atoms with Gasteiger partial charge >= 0.3 is 0 Å². The van der Waals surface area contributed by atoms with Gasteiger partial charge in [0.1, 0.15) is 0 Å². The molecule has 2 saturated heterocycles. The Bertz CT molecular complexity index is 687. The molecular formula is C21H28N4. The number of benzene rings is 1. The summed E-state index contributed by atoms with van der Waals surface area (Å²) in [6, 6.07) is 16.5. The van der Waals surface area contributed by atoms with E-state index in [1.54, 1.807) is 0 Å². The van der Waals surface area contributed by atoms with E-state index in [2.05, 4.69) is 69.5 Å². The van der Waals surface area contributed by atoms with E-state index in [9.17, 15) is 0 Å². The van der Waals surface area contributed by atoms with Crippen molar-refractivity contribution in [2.45, 2.75) is 38.5 Å². The molecule has 2 atom stereocenters. The maximum absolute atomic E-state index is 4.28. The second-order valence-electron chi connectivity index (χ2n) is 7.49. The van der Waals surface area contributed by atoms with Crippen LogP contribution in [0, 0.1) is 6.92 Å². The Morgan fingerprint density at radius 3 is 2.80 bits per heavy atom. The van der Waals surface area contributed by atoms with Crippen molar-refractivity contribution in [1.29, 1.82) is 0 Å². The monoisotopic (exact) mass is 336 g/mol. The number of piperazine rings is 1. The van der Waals surface area contributed by atoms with Crippen LogP contribution in [0.1, 0.15) is 23.2 Å². The molecule has 2 aliphatic rings. The van der Waals surface area contributed by atoms with Gasteiger partial charge in [-0.2, -0.15) is 0 Å². The molecule has 0 aliphatic carbocycles. The number of hydrogen-bond donors (Lipinski definition) is 1. The molecule has 1 aromatic carbocycles. The Morgan fingerprint density at radius 2 is 1.96 bits per heavy atom. The normalized spacial score (nSPS) is 24.4. The lowest BCUT2D eigenvalue weighted by Gasteiger charge is -2.37. The summed E-state index contributed by atoms with van der Waals surface area (Å²) in [5.74, 6) is 0. The second-order valence-corrected chi connectivity index (χ2v) is 7.49. The van der Waals surface area contributed by atoms with Crippen molar-refractivity contribution in [1.82, 2.24) is 20.1 Å². The first-order chi connectivity index (χ1) is 12.3. The molecule has 2 aliphatic heterocycles. The maximum atomic E-state index is 4.28. The van der Waals surface area contributed by atoms with Gasteiger partial charge in [0.25, 0.3) is 0 Å². The van der Waals surface area contributed by atoms with Crippen molar-refractivity contribution in [3.05, 3.63) is 65.5 Å². The largest absolute Gasteiger partial charge is 0.309 e. The first kappa shape index (κ1) is 16.7. The average molecular weight is 336 g/mol. The quantitative estimate of drug-likeness (QED) is 0.909. The Kier molecular flexibility index (Phi) is 5.11. The van der Waals surface area contributed by atoms with Crippen molar-refractivity contribution >= 4 is 0 Å². The number of fused-ring (bicyclic) bond motifs is 1. The molecule has 1 N–H and O–H groups in total. The zero-order valence-electron chi connectivity index (χ0n) is 15.1. The number of nitrogens with one attached hydrogen (secondary N) is 1. The van der Waals surface area contributed by atoms with Crippen LogP contribution in [-0.4, -0.2) is 53.0 Å². The molecule has 2 aromatic rings. The van der Waals surface area contributed by atoms with Crippen molar-refractivity contribution in [3.63, 3.8) is 0 Å². The van der Waals surface area contributed by atoms with E-state index < -0.39 is 0 Å². The van der Waals surface area contributed by atoms with Crippen molar-refractivity contribution in [2.75, 3.05) is 26.2 Å². The van der Waals surface area contributed by atoms with Crippen LogP contribution in [0.25, 0.3) is 0 Å². The molecule has 0 radical (unpaired) electrons. The molecule has 4 heteroatoms. The fourth-order valence-electron chi connectivity index (χ4n) is 4.22. The predicted molar refractivity (Wildman–Crippen MR) is 101 cm³/mol. The van der Waals surface area contributed by atoms with Crippen LogP contribution in [-0.2, 0) is 13.1 Å². The van der Waals surface area contributed by atoms with Crippen molar-refractivity contribution in [3.8, 4) is 0 Å². The summed E-state index contributed by atoms with van der Waals surface area (Å²) < 4.78 is 0. The van der Waals surface area contributed by atoms with E-state index in [-0.39, 0.29) is 0 Å². The number of nitrogens with zero attached hydrogens (tertiary/aromatic N) is 3. The highest BCUT2D eigenvalue weighted by Gasteiger charge is 2.35. The molecule has 0 saturated carbocycles. The Morgan fingerprint density at radius 1 is 1.08 bits per heavy atom. The van der Waals surface area contributed by atoms with Crippen LogP contribution in [0.5, 0.6) is 0 Å². The lowest BCUT2D eigenvalue weighted by molar-refractivity contribution is 0.0991. The zero-order chi connectivity index (χ0) is 17.1. The summed E-state index contributed by atoms with van der Waals surface area (Å²) in [5.41, 5.74) is 3.86. The number of aryl methyl sites for hydroxylation is 1. The molecule has 0 spiro atoms. The fraction of sp³-hybridized carbons (Fsp3) is 0.476. The van der Waals surface area contributed by atoms with Gasteiger partial charge in [0.05, 0.1) is 0 Å². The molecule has 1 aromatic heterocycles. The fourth-order valence-corrected chi connectivity index (χ4v) is 4.22. The number of aromatic nitrogens is 1. The highest BCUT2D eigenvalue weighted by Crippen LogP contribution is 2.23. The van der Waals surface area contributed by atoms with Gasteiger partial charge in [-0.05, 0) is 36.6 Å². The number of pyridine rings is 1. The van der Waals surface area contributed by atoms with Gasteiger partial charge in [-0.1, -0.05) is 30.3 Å². The van der Waals surface area contributed by atoms with Crippen LogP contribution < -0.4 is 5.32 Å². The zero-order valence-corrected chi connectivity index (χ0v) is 15.1. The summed E-state index contributed by atoms with van der Waals surface area (Å²) in [6.45, 7) is 8.85. The summed E-state index contributed by atoms with van der Waals surface area (Å²) in [4.78, 5) is 9.57. The van der Waals surface area contributed by atoms with E-state index in [4.69, 9.17) is 0 Å². The van der Waals surface area contributed by atoms with Gasteiger partial charge in [-0.15, -0.1) is 0 Å². The maximum Gasteiger partial charge on any atom is 0.0375 e. The van der Waals surface area contributed by atoms with Crippen LogP contribution in [0.15, 0.2) is 48.7 Å². The van der Waals surface area contributed by atoms with Gasteiger partial charge in [-0.3, -0.25) is 14.8 Å². The Hall–Kier alpha value is -1.75. The van der Waals surface area contributed by atoms with Crippen molar-refractivity contribution in [2.24, 2.45) is 0 Å². The third kappa shape index (κ3) is 4.27. The van der Waals surface area contributed by atoms with Crippen LogP contribution in [0.3, 0.4) is 0 Å². The van der Waals surface area contributed by atoms with Gasteiger partial charge < -0.3 is 5.32 Å².